The third-order valence-electron chi connectivity index (χ3n) is 4.98. The van der Waals surface area contributed by atoms with E-state index in [1.165, 1.54) is 10.4 Å². The molecule has 0 radical (unpaired) electrons. The maximum atomic E-state index is 5.98. The summed E-state index contributed by atoms with van der Waals surface area (Å²) in [6.45, 7) is 7.04. The quantitative estimate of drug-likeness (QED) is 0.347. The van der Waals surface area contributed by atoms with Crippen molar-refractivity contribution in [3.05, 3.63) is 58.3 Å². The summed E-state index contributed by atoms with van der Waals surface area (Å²) < 4.78 is 5.98. The fraction of sp³-hybridized carbons (Fsp3) is 0.476. The van der Waals surface area contributed by atoms with Gasteiger partial charge >= 0.3 is 0 Å². The van der Waals surface area contributed by atoms with Gasteiger partial charge in [0.05, 0.1) is 6.10 Å². The molecule has 2 N–H and O–H groups in total. The van der Waals surface area contributed by atoms with E-state index in [0.717, 1.165) is 32.1 Å². The van der Waals surface area contributed by atoms with E-state index in [-0.39, 0.29) is 35.5 Å². The molecule has 1 saturated heterocycles. The molecule has 3 rings (SSSR count). The molecule has 2 unspecified atom stereocenters. The standard InChI is InChI=1S/C21H29N3OS.HI/c1-21(2,18-10-7-13-26-18)15-24-20(22-3)23-14-17-11-12-25-19(17)16-8-5-4-6-9-16;/h4-10,13,17,19H,11-12,14-15H2,1-3H3,(H2,22,23,24);1H. The second-order valence-corrected chi connectivity index (χ2v) is 8.37. The number of halogens is 1. The number of rotatable bonds is 6. The van der Waals surface area contributed by atoms with Gasteiger partial charge in [-0.15, -0.1) is 35.3 Å². The van der Waals surface area contributed by atoms with Crippen molar-refractivity contribution < 1.29 is 4.74 Å². The van der Waals surface area contributed by atoms with Gasteiger partial charge < -0.3 is 15.4 Å². The van der Waals surface area contributed by atoms with Crippen LogP contribution in [0.15, 0.2) is 52.8 Å². The van der Waals surface area contributed by atoms with Crippen LogP contribution in [0.3, 0.4) is 0 Å². The van der Waals surface area contributed by atoms with Crippen molar-refractivity contribution in [2.75, 3.05) is 26.7 Å². The van der Waals surface area contributed by atoms with E-state index in [2.05, 4.69) is 71.3 Å². The van der Waals surface area contributed by atoms with E-state index >= 15 is 0 Å². The zero-order chi connectivity index (χ0) is 18.4. The monoisotopic (exact) mass is 499 g/mol. The SMILES string of the molecule is CN=C(NCC1CCOC1c1ccccc1)NCC(C)(C)c1cccs1.I. The van der Waals surface area contributed by atoms with Crippen LogP contribution in [0, 0.1) is 5.92 Å². The molecule has 27 heavy (non-hydrogen) atoms. The molecular weight excluding hydrogens is 469 g/mol. The largest absolute Gasteiger partial charge is 0.373 e. The Morgan fingerprint density at radius 2 is 1.96 bits per heavy atom. The number of nitrogens with zero attached hydrogens (tertiary/aromatic N) is 1. The lowest BCUT2D eigenvalue weighted by molar-refractivity contribution is 0.0915. The van der Waals surface area contributed by atoms with E-state index in [4.69, 9.17) is 4.74 Å². The van der Waals surface area contributed by atoms with Crippen LogP contribution in [-0.4, -0.2) is 32.7 Å². The fourth-order valence-electron chi connectivity index (χ4n) is 3.36. The Hall–Kier alpha value is -1.12. The molecule has 1 aliphatic rings. The summed E-state index contributed by atoms with van der Waals surface area (Å²) >= 11 is 1.80. The molecule has 1 aliphatic heterocycles. The molecule has 148 valence electrons. The van der Waals surface area contributed by atoms with E-state index in [0.29, 0.717) is 5.92 Å². The Morgan fingerprint density at radius 1 is 1.19 bits per heavy atom. The minimum absolute atomic E-state index is 0. The van der Waals surface area contributed by atoms with Crippen molar-refractivity contribution in [2.45, 2.75) is 31.8 Å². The predicted octanol–water partition coefficient (Wildman–Crippen LogP) is 4.59. The average Bonchev–Trinajstić information content (AvgIpc) is 3.35. The number of ether oxygens (including phenoxy) is 1. The fourth-order valence-corrected chi connectivity index (χ4v) is 4.21. The van der Waals surface area contributed by atoms with Crippen LogP contribution in [0.1, 0.15) is 36.8 Å². The molecule has 1 aromatic heterocycles. The van der Waals surface area contributed by atoms with Gasteiger partial charge in [-0.3, -0.25) is 4.99 Å². The van der Waals surface area contributed by atoms with E-state index in [1.807, 2.05) is 13.1 Å². The first-order chi connectivity index (χ1) is 12.6. The summed E-state index contributed by atoms with van der Waals surface area (Å²) in [5, 5.41) is 9.11. The smallest absolute Gasteiger partial charge is 0.191 e. The first-order valence-electron chi connectivity index (χ1n) is 9.25. The van der Waals surface area contributed by atoms with Gasteiger partial charge in [0.1, 0.15) is 0 Å². The lowest BCUT2D eigenvalue weighted by Gasteiger charge is -2.26. The average molecular weight is 499 g/mol. The van der Waals surface area contributed by atoms with Crippen molar-refractivity contribution in [1.82, 2.24) is 10.6 Å². The van der Waals surface area contributed by atoms with Crippen LogP contribution in [0.4, 0.5) is 0 Å². The van der Waals surface area contributed by atoms with Gasteiger partial charge in [-0.1, -0.05) is 50.2 Å². The molecule has 0 bridgehead atoms. The second-order valence-electron chi connectivity index (χ2n) is 7.42. The Kier molecular flexibility index (Phi) is 8.57. The summed E-state index contributed by atoms with van der Waals surface area (Å²) in [5.74, 6) is 1.31. The Bertz CT molecular complexity index is 703. The number of nitrogens with one attached hydrogen (secondary N) is 2. The summed E-state index contributed by atoms with van der Waals surface area (Å²) in [7, 11) is 1.83. The molecule has 1 aromatic carbocycles. The van der Waals surface area contributed by atoms with Crippen molar-refractivity contribution in [3.8, 4) is 0 Å². The Balaban J connectivity index is 0.00000261. The lowest BCUT2D eigenvalue weighted by Crippen LogP contribution is -2.44. The molecule has 6 heteroatoms. The highest BCUT2D eigenvalue weighted by Crippen LogP contribution is 2.33. The predicted molar refractivity (Wildman–Crippen MR) is 125 cm³/mol. The number of benzene rings is 1. The zero-order valence-electron chi connectivity index (χ0n) is 16.3. The molecule has 0 amide bonds. The molecule has 0 saturated carbocycles. The van der Waals surface area contributed by atoms with E-state index < -0.39 is 0 Å². The molecule has 2 heterocycles. The minimum Gasteiger partial charge on any atom is -0.373 e. The number of hydrogen-bond acceptors (Lipinski definition) is 3. The number of guanidine groups is 1. The van der Waals surface area contributed by atoms with Crippen molar-refractivity contribution in [3.63, 3.8) is 0 Å². The summed E-state index contributed by atoms with van der Waals surface area (Å²) in [4.78, 5) is 5.77. The van der Waals surface area contributed by atoms with E-state index in [9.17, 15) is 0 Å². The Morgan fingerprint density at radius 3 is 2.63 bits per heavy atom. The summed E-state index contributed by atoms with van der Waals surface area (Å²) in [6, 6.07) is 14.8. The molecule has 4 nitrogen and oxygen atoms in total. The van der Waals surface area contributed by atoms with Crippen LogP contribution in [0.2, 0.25) is 0 Å². The first kappa shape index (κ1) is 22.2. The van der Waals surface area contributed by atoms with Crippen LogP contribution >= 0.6 is 35.3 Å². The third-order valence-corrected chi connectivity index (χ3v) is 6.22. The first-order valence-corrected chi connectivity index (χ1v) is 10.1. The maximum Gasteiger partial charge on any atom is 0.191 e. The van der Waals surface area contributed by atoms with Gasteiger partial charge in [0.2, 0.25) is 0 Å². The van der Waals surface area contributed by atoms with Crippen LogP contribution in [-0.2, 0) is 10.2 Å². The minimum atomic E-state index is 0. The van der Waals surface area contributed by atoms with Gasteiger partial charge in [0.15, 0.2) is 5.96 Å². The molecule has 2 atom stereocenters. The third kappa shape index (κ3) is 5.93. The molecule has 2 aromatic rings. The lowest BCUT2D eigenvalue weighted by atomic mass is 9.91. The highest BCUT2D eigenvalue weighted by Gasteiger charge is 2.29. The van der Waals surface area contributed by atoms with E-state index in [1.54, 1.807) is 11.3 Å². The molecular formula is C21H30IN3OS. The zero-order valence-corrected chi connectivity index (χ0v) is 19.4. The molecule has 0 spiro atoms. The van der Waals surface area contributed by atoms with Gasteiger partial charge in [-0.25, -0.2) is 0 Å². The van der Waals surface area contributed by atoms with Gasteiger partial charge in [0.25, 0.3) is 0 Å². The summed E-state index contributed by atoms with van der Waals surface area (Å²) in [5.41, 5.74) is 1.34. The number of thiophene rings is 1. The Labute approximate surface area is 183 Å². The molecule has 0 aliphatic carbocycles. The van der Waals surface area contributed by atoms with Gasteiger partial charge in [0, 0.05) is 43.0 Å². The molecule has 1 fully saturated rings. The maximum absolute atomic E-state index is 5.98. The highest BCUT2D eigenvalue weighted by molar-refractivity contribution is 14.0. The van der Waals surface area contributed by atoms with Gasteiger partial charge in [-0.2, -0.15) is 0 Å². The topological polar surface area (TPSA) is 45.7 Å². The number of hydrogen-bond donors (Lipinski definition) is 2. The van der Waals surface area contributed by atoms with Crippen LogP contribution in [0.25, 0.3) is 0 Å². The number of aliphatic imine (C=N–C) groups is 1. The van der Waals surface area contributed by atoms with Crippen LogP contribution in [0.5, 0.6) is 0 Å². The summed E-state index contributed by atoms with van der Waals surface area (Å²) in [6.07, 6.45) is 1.24. The normalized spacial score (nSPS) is 20.2. The van der Waals surface area contributed by atoms with Crippen molar-refractivity contribution in [2.24, 2.45) is 10.9 Å². The van der Waals surface area contributed by atoms with Crippen molar-refractivity contribution in [1.29, 1.82) is 0 Å². The second kappa shape index (κ2) is 10.4. The highest BCUT2D eigenvalue weighted by atomic mass is 127. The van der Waals surface area contributed by atoms with Crippen molar-refractivity contribution >= 4 is 41.3 Å². The van der Waals surface area contributed by atoms with Crippen LogP contribution < -0.4 is 10.6 Å². The van der Waals surface area contributed by atoms with Gasteiger partial charge in [-0.05, 0) is 23.4 Å².